The van der Waals surface area contributed by atoms with Gasteiger partial charge in [-0.25, -0.2) is 9.37 Å². The zero-order valence-electron chi connectivity index (χ0n) is 18.2. The molecule has 0 aliphatic heterocycles. The Labute approximate surface area is 198 Å². The van der Waals surface area contributed by atoms with Crippen molar-refractivity contribution in [1.82, 2.24) is 14.4 Å². The minimum Gasteiger partial charge on any atom is -0.356 e. The molecular weight excluding hydrogens is 456 g/mol. The summed E-state index contributed by atoms with van der Waals surface area (Å²) in [5.74, 6) is 0.176. The minimum atomic E-state index is -4.59. The molecule has 3 heterocycles. The van der Waals surface area contributed by atoms with Gasteiger partial charge in [0.05, 0.1) is 17.3 Å². The Morgan fingerprint density at radius 3 is 2.43 bits per heavy atom. The lowest BCUT2D eigenvalue weighted by molar-refractivity contribution is -0.137. The van der Waals surface area contributed by atoms with Gasteiger partial charge in [-0.2, -0.15) is 13.2 Å². The summed E-state index contributed by atoms with van der Waals surface area (Å²) in [5, 5.41) is 2.85. The number of nitrogens with one attached hydrogen (secondary N) is 1. The lowest BCUT2D eigenvalue weighted by Gasteiger charge is -2.18. The summed E-state index contributed by atoms with van der Waals surface area (Å²) in [6, 6.07) is 18.4. The number of fused-ring (bicyclic) bond motifs is 1. The van der Waals surface area contributed by atoms with Gasteiger partial charge in [0.25, 0.3) is 0 Å². The topological polar surface area (TPSA) is 42.2 Å². The molecule has 0 atom stereocenters. The van der Waals surface area contributed by atoms with Gasteiger partial charge in [0.2, 0.25) is 0 Å². The average molecular weight is 474 g/mol. The molecular formula is C27H18F4N4. The second kappa shape index (κ2) is 8.72. The largest absolute Gasteiger partial charge is 0.417 e. The lowest BCUT2D eigenvalue weighted by atomic mass is 9.97. The third kappa shape index (κ3) is 4.38. The maximum absolute atomic E-state index is 13.8. The van der Waals surface area contributed by atoms with E-state index in [1.54, 1.807) is 24.5 Å². The second-order valence-corrected chi connectivity index (χ2v) is 7.84. The number of hydrogen-bond acceptors (Lipinski definition) is 3. The summed E-state index contributed by atoms with van der Waals surface area (Å²) in [5.41, 5.74) is 2.19. The fourth-order valence-electron chi connectivity index (χ4n) is 3.93. The summed E-state index contributed by atoms with van der Waals surface area (Å²) in [4.78, 5) is 8.83. The molecule has 0 amide bonds. The smallest absolute Gasteiger partial charge is 0.356 e. The van der Waals surface area contributed by atoms with Crippen LogP contribution < -0.4 is 5.32 Å². The van der Waals surface area contributed by atoms with Crippen molar-refractivity contribution in [2.24, 2.45) is 0 Å². The standard InChI is InChI=1S/C27H18F4N4/c1-17(34-20-10-8-19(28)9-11-20)22-15-18(7-12-23(22)27(29,30)31)21-5-4-14-35-25(21)16-33-26(35)24-6-2-3-13-32-24/h2-16,34H,1H2. The van der Waals surface area contributed by atoms with Crippen LogP contribution >= 0.6 is 0 Å². The molecule has 0 saturated carbocycles. The normalized spacial score (nSPS) is 11.5. The third-order valence-electron chi connectivity index (χ3n) is 5.57. The maximum atomic E-state index is 13.8. The Morgan fingerprint density at radius 2 is 1.71 bits per heavy atom. The van der Waals surface area contributed by atoms with Gasteiger partial charge >= 0.3 is 6.18 Å². The number of halogens is 4. The van der Waals surface area contributed by atoms with Gasteiger partial charge in [0.1, 0.15) is 11.5 Å². The second-order valence-electron chi connectivity index (χ2n) is 7.84. The molecule has 1 N–H and O–H groups in total. The van der Waals surface area contributed by atoms with E-state index in [0.717, 1.165) is 11.6 Å². The van der Waals surface area contributed by atoms with E-state index in [1.165, 1.54) is 36.4 Å². The summed E-state index contributed by atoms with van der Waals surface area (Å²) >= 11 is 0. The van der Waals surface area contributed by atoms with Gasteiger partial charge in [-0.15, -0.1) is 0 Å². The van der Waals surface area contributed by atoms with E-state index in [2.05, 4.69) is 21.9 Å². The van der Waals surface area contributed by atoms with Gasteiger partial charge in [0.15, 0.2) is 5.82 Å². The van der Waals surface area contributed by atoms with Crippen LogP contribution in [0.3, 0.4) is 0 Å². The number of nitrogens with zero attached hydrogens (tertiary/aromatic N) is 3. The Hall–Kier alpha value is -4.46. The van der Waals surface area contributed by atoms with Gasteiger partial charge in [-0.05, 0) is 60.2 Å². The van der Waals surface area contributed by atoms with Crippen molar-refractivity contribution in [3.8, 4) is 22.6 Å². The SMILES string of the molecule is C=C(Nc1ccc(F)cc1)c1cc(-c2cccn3c(-c4ccccn4)ncc23)ccc1C(F)(F)F. The van der Waals surface area contributed by atoms with Crippen LogP contribution in [0.1, 0.15) is 11.1 Å². The Morgan fingerprint density at radius 1 is 0.914 bits per heavy atom. The van der Waals surface area contributed by atoms with Gasteiger partial charge < -0.3 is 5.32 Å². The predicted molar refractivity (Wildman–Crippen MR) is 128 cm³/mol. The number of anilines is 1. The highest BCUT2D eigenvalue weighted by Gasteiger charge is 2.34. The zero-order chi connectivity index (χ0) is 24.6. The predicted octanol–water partition coefficient (Wildman–Crippen LogP) is 7.30. The van der Waals surface area contributed by atoms with E-state index in [9.17, 15) is 17.6 Å². The quantitative estimate of drug-likeness (QED) is 0.272. The zero-order valence-corrected chi connectivity index (χ0v) is 18.2. The molecule has 5 rings (SSSR count). The number of imidazole rings is 1. The number of rotatable bonds is 5. The number of benzene rings is 2. The number of alkyl halides is 3. The van der Waals surface area contributed by atoms with Crippen molar-refractivity contribution in [3.05, 3.63) is 115 Å². The van der Waals surface area contributed by atoms with E-state index in [-0.39, 0.29) is 11.3 Å². The first-order valence-electron chi connectivity index (χ1n) is 10.6. The van der Waals surface area contributed by atoms with E-state index in [1.807, 2.05) is 28.8 Å². The van der Waals surface area contributed by atoms with Crippen molar-refractivity contribution < 1.29 is 17.6 Å². The highest BCUT2D eigenvalue weighted by molar-refractivity contribution is 5.85. The molecule has 0 fully saturated rings. The monoisotopic (exact) mass is 474 g/mol. The Kier molecular flexibility index (Phi) is 5.56. The van der Waals surface area contributed by atoms with E-state index in [4.69, 9.17) is 0 Å². The third-order valence-corrected chi connectivity index (χ3v) is 5.57. The van der Waals surface area contributed by atoms with Crippen molar-refractivity contribution in [3.63, 3.8) is 0 Å². The molecule has 0 radical (unpaired) electrons. The summed E-state index contributed by atoms with van der Waals surface area (Å²) in [7, 11) is 0. The van der Waals surface area contributed by atoms with Crippen LogP contribution in [0.25, 0.3) is 33.9 Å². The molecule has 8 heteroatoms. The van der Waals surface area contributed by atoms with Crippen molar-refractivity contribution >= 4 is 16.9 Å². The van der Waals surface area contributed by atoms with Crippen molar-refractivity contribution in [2.45, 2.75) is 6.18 Å². The van der Waals surface area contributed by atoms with Gasteiger partial charge in [-0.1, -0.05) is 24.8 Å². The number of hydrogen-bond donors (Lipinski definition) is 1. The first kappa shape index (κ1) is 22.3. The summed E-state index contributed by atoms with van der Waals surface area (Å²) in [6.07, 6.45) is 0.580. The van der Waals surface area contributed by atoms with Gasteiger partial charge in [0, 0.05) is 34.9 Å². The molecule has 3 aromatic heterocycles. The fraction of sp³-hybridized carbons (Fsp3) is 0.0370. The molecule has 0 aliphatic rings. The number of aromatic nitrogens is 3. The van der Waals surface area contributed by atoms with Crippen LogP contribution in [0.2, 0.25) is 0 Å². The molecule has 4 nitrogen and oxygen atoms in total. The Bertz CT molecular complexity index is 1520. The van der Waals surface area contributed by atoms with E-state index in [0.29, 0.717) is 28.3 Å². The molecule has 0 aliphatic carbocycles. The van der Waals surface area contributed by atoms with Crippen LogP contribution in [-0.2, 0) is 6.18 Å². The maximum Gasteiger partial charge on any atom is 0.417 e. The van der Waals surface area contributed by atoms with Crippen molar-refractivity contribution in [2.75, 3.05) is 5.32 Å². The molecule has 2 aromatic carbocycles. The van der Waals surface area contributed by atoms with Crippen LogP contribution in [0, 0.1) is 5.82 Å². The van der Waals surface area contributed by atoms with Gasteiger partial charge in [-0.3, -0.25) is 9.38 Å². The van der Waals surface area contributed by atoms with E-state index < -0.39 is 17.6 Å². The fourth-order valence-corrected chi connectivity index (χ4v) is 3.93. The highest BCUT2D eigenvalue weighted by Crippen LogP contribution is 2.38. The highest BCUT2D eigenvalue weighted by atomic mass is 19.4. The average Bonchev–Trinajstić information content (AvgIpc) is 3.29. The van der Waals surface area contributed by atoms with E-state index >= 15 is 0 Å². The molecule has 0 bridgehead atoms. The molecule has 5 aromatic rings. The Balaban J connectivity index is 1.60. The summed E-state index contributed by atoms with van der Waals surface area (Å²) < 4.78 is 56.6. The molecule has 174 valence electrons. The van der Waals surface area contributed by atoms with Crippen molar-refractivity contribution in [1.29, 1.82) is 0 Å². The molecule has 35 heavy (non-hydrogen) atoms. The molecule has 0 unspecified atom stereocenters. The van der Waals surface area contributed by atoms with Crippen LogP contribution in [0.4, 0.5) is 23.2 Å². The lowest BCUT2D eigenvalue weighted by Crippen LogP contribution is -2.11. The molecule has 0 spiro atoms. The number of pyridine rings is 2. The van der Waals surface area contributed by atoms with Crippen LogP contribution in [0.5, 0.6) is 0 Å². The first-order valence-corrected chi connectivity index (χ1v) is 10.6. The van der Waals surface area contributed by atoms with Crippen LogP contribution in [0.15, 0.2) is 98.0 Å². The minimum absolute atomic E-state index is 0.0421. The molecule has 0 saturated heterocycles. The van der Waals surface area contributed by atoms with Crippen LogP contribution in [-0.4, -0.2) is 14.4 Å². The summed E-state index contributed by atoms with van der Waals surface area (Å²) in [6.45, 7) is 3.83. The first-order chi connectivity index (χ1) is 16.8.